The van der Waals surface area contributed by atoms with E-state index in [0.717, 1.165) is 24.2 Å². The highest BCUT2D eigenvalue weighted by atomic mass is 35.5. The topological polar surface area (TPSA) is 134 Å². The van der Waals surface area contributed by atoms with Crippen molar-refractivity contribution in [1.82, 2.24) is 0 Å². The number of ketones is 1. The van der Waals surface area contributed by atoms with Crippen molar-refractivity contribution in [2.75, 3.05) is 17.2 Å². The van der Waals surface area contributed by atoms with Crippen LogP contribution in [0.4, 0.5) is 11.4 Å². The average Bonchev–Trinajstić information content (AvgIpc) is 3.06. The highest BCUT2D eigenvalue weighted by Crippen LogP contribution is 2.38. The lowest BCUT2D eigenvalue weighted by Gasteiger charge is -2.30. The number of halogens is 1. The molecule has 3 aromatic rings. The van der Waals surface area contributed by atoms with Crippen LogP contribution >= 0.6 is 11.6 Å². The van der Waals surface area contributed by atoms with E-state index in [4.69, 9.17) is 21.1 Å². The molecule has 2 N–H and O–H groups in total. The largest absolute Gasteiger partial charge is 0.545 e. The number of hydrogen-bond acceptors (Lipinski definition) is 7. The Balaban J connectivity index is 1.67. The molecule has 3 rings (SSSR count). The van der Waals surface area contributed by atoms with Gasteiger partial charge < -0.3 is 30.0 Å². The first-order chi connectivity index (χ1) is 23.3. The maximum atomic E-state index is 13.4. The number of amides is 2. The number of anilines is 2. The van der Waals surface area contributed by atoms with Crippen molar-refractivity contribution < 1.29 is 33.8 Å². The Hall–Kier alpha value is -4.37. The summed E-state index contributed by atoms with van der Waals surface area (Å²) >= 11 is 6.39. The molecule has 0 saturated carbocycles. The lowest BCUT2D eigenvalue weighted by atomic mass is 9.76. The van der Waals surface area contributed by atoms with Crippen molar-refractivity contribution in [1.29, 1.82) is 0 Å². The molecule has 10 heteroatoms. The monoisotopic (exact) mass is 705 g/mol. The first-order valence-electron chi connectivity index (χ1n) is 17.0. The molecule has 0 aliphatic heterocycles. The third-order valence-corrected chi connectivity index (χ3v) is 9.46. The number of ether oxygens (including phenoxy) is 2. The molecule has 0 unspecified atom stereocenters. The molecular formula is C40H50ClN2O7-. The van der Waals surface area contributed by atoms with Crippen molar-refractivity contribution in [3.05, 3.63) is 82.4 Å². The molecule has 0 heterocycles. The van der Waals surface area contributed by atoms with Crippen LogP contribution in [0.1, 0.15) is 109 Å². The van der Waals surface area contributed by atoms with Crippen LogP contribution in [0.2, 0.25) is 5.02 Å². The van der Waals surface area contributed by atoms with E-state index in [1.807, 2.05) is 6.07 Å². The molecular weight excluding hydrogens is 656 g/mol. The molecule has 0 aromatic heterocycles. The Morgan fingerprint density at radius 2 is 1.46 bits per heavy atom. The van der Waals surface area contributed by atoms with Crippen LogP contribution in [-0.2, 0) is 25.2 Å². The smallest absolute Gasteiger partial charge is 0.273 e. The number of nitrogens with one attached hydrogen (secondary N) is 2. The molecule has 50 heavy (non-hydrogen) atoms. The molecule has 1 atom stereocenters. The van der Waals surface area contributed by atoms with Gasteiger partial charge in [-0.15, -0.1) is 0 Å². The summed E-state index contributed by atoms with van der Waals surface area (Å²) in [5.74, 6) is -1.96. The summed E-state index contributed by atoms with van der Waals surface area (Å²) in [5.41, 5.74) is 1.95. The van der Waals surface area contributed by atoms with Gasteiger partial charge in [0.2, 0.25) is 12.0 Å². The standard InChI is InChI=1S/C40H51ClN2O7/c1-10-39(6,7)26-16-21-32(29(23-26)40(8,9)11-2)49-22-12-13-33(44)42-27-17-20-30(41)31(24-27)43-36(46)34(35(45)38(3,4)5)50-28-18-14-25(15-19-28)37(47)48/h14-21,23-24,34H,10-13,22H2,1-9H3,(H,42,44)(H,43,46)(H,47,48)/p-1/t34-/m0/s1. The second-order valence-electron chi connectivity index (χ2n) is 14.8. The zero-order valence-electron chi connectivity index (χ0n) is 30.6. The van der Waals surface area contributed by atoms with Crippen LogP contribution in [-0.4, -0.2) is 36.3 Å². The van der Waals surface area contributed by atoms with E-state index >= 15 is 0 Å². The van der Waals surface area contributed by atoms with Gasteiger partial charge >= 0.3 is 0 Å². The van der Waals surface area contributed by atoms with Gasteiger partial charge in [-0.3, -0.25) is 14.4 Å². The number of carboxylic acids is 1. The SMILES string of the molecule is CCC(C)(C)c1ccc(OCCCC(=O)Nc2ccc(Cl)c(NC(=O)[C@@H](Oc3ccc(C(=O)[O-])cc3)C(=O)C(C)(C)C)c2)c(C(C)(C)CC)c1. The fraction of sp³-hybridized carbons (Fsp3) is 0.450. The van der Waals surface area contributed by atoms with Gasteiger partial charge in [0.15, 0.2) is 5.78 Å². The summed E-state index contributed by atoms with van der Waals surface area (Å²) in [6.07, 6.45) is 1.08. The summed E-state index contributed by atoms with van der Waals surface area (Å²) in [6.45, 7) is 18.6. The highest BCUT2D eigenvalue weighted by molar-refractivity contribution is 6.34. The first kappa shape index (κ1) is 40.1. The van der Waals surface area contributed by atoms with E-state index in [2.05, 4.69) is 64.3 Å². The molecule has 0 saturated heterocycles. The number of carbonyl (C=O) groups is 4. The van der Waals surface area contributed by atoms with Crippen molar-refractivity contribution in [2.24, 2.45) is 5.41 Å². The third-order valence-electron chi connectivity index (χ3n) is 9.13. The molecule has 0 fully saturated rings. The zero-order chi connectivity index (χ0) is 37.4. The van der Waals surface area contributed by atoms with E-state index in [0.29, 0.717) is 18.7 Å². The van der Waals surface area contributed by atoms with Crippen LogP contribution in [0.3, 0.4) is 0 Å². The van der Waals surface area contributed by atoms with Crippen molar-refractivity contribution >= 4 is 46.5 Å². The number of rotatable bonds is 16. The molecule has 0 bridgehead atoms. The normalized spacial score (nSPS) is 12.5. The molecule has 2 amide bonds. The Labute approximate surface area is 301 Å². The molecule has 0 spiro atoms. The Bertz CT molecular complexity index is 1690. The van der Waals surface area contributed by atoms with Crippen LogP contribution in [0.5, 0.6) is 11.5 Å². The molecule has 270 valence electrons. The maximum absolute atomic E-state index is 13.4. The van der Waals surface area contributed by atoms with Crippen LogP contribution in [0, 0.1) is 5.41 Å². The minimum atomic E-state index is -1.57. The Kier molecular flexibility index (Phi) is 13.3. The van der Waals surface area contributed by atoms with Crippen molar-refractivity contribution in [2.45, 2.75) is 105 Å². The van der Waals surface area contributed by atoms with Gasteiger partial charge in [-0.25, -0.2) is 0 Å². The third kappa shape index (κ3) is 10.6. The molecule has 0 aliphatic rings. The van der Waals surface area contributed by atoms with Crippen molar-refractivity contribution in [3.63, 3.8) is 0 Å². The van der Waals surface area contributed by atoms with E-state index in [1.165, 1.54) is 42.0 Å². The van der Waals surface area contributed by atoms with Gasteiger partial charge in [0, 0.05) is 23.1 Å². The lowest BCUT2D eigenvalue weighted by molar-refractivity contribution is -0.255. The van der Waals surface area contributed by atoms with Gasteiger partial charge in [-0.1, -0.05) is 86.0 Å². The fourth-order valence-corrected chi connectivity index (χ4v) is 5.13. The Morgan fingerprint density at radius 1 is 0.820 bits per heavy atom. The summed E-state index contributed by atoms with van der Waals surface area (Å²) in [6, 6.07) is 16.2. The summed E-state index contributed by atoms with van der Waals surface area (Å²) < 4.78 is 12.0. The zero-order valence-corrected chi connectivity index (χ0v) is 31.4. The van der Waals surface area contributed by atoms with E-state index in [9.17, 15) is 24.3 Å². The number of carboxylic acid groups (broad SMARTS) is 1. The second-order valence-corrected chi connectivity index (χ2v) is 15.2. The summed E-state index contributed by atoms with van der Waals surface area (Å²) in [4.78, 5) is 50.7. The minimum absolute atomic E-state index is 0.0504. The molecule has 0 aliphatic carbocycles. The number of Topliss-reactive ketones (excluding diaryl/α,β-unsaturated/α-hetero) is 1. The number of carbonyl (C=O) groups excluding carboxylic acids is 4. The van der Waals surface area contributed by atoms with Crippen LogP contribution in [0.25, 0.3) is 0 Å². The maximum Gasteiger partial charge on any atom is 0.273 e. The van der Waals surface area contributed by atoms with E-state index in [1.54, 1.807) is 26.8 Å². The predicted molar refractivity (Wildman–Crippen MR) is 196 cm³/mol. The Morgan fingerprint density at radius 3 is 2.04 bits per heavy atom. The van der Waals surface area contributed by atoms with Gasteiger partial charge in [0.05, 0.1) is 23.3 Å². The predicted octanol–water partition coefficient (Wildman–Crippen LogP) is 7.88. The van der Waals surface area contributed by atoms with E-state index in [-0.39, 0.29) is 45.2 Å². The fourth-order valence-electron chi connectivity index (χ4n) is 4.96. The van der Waals surface area contributed by atoms with Gasteiger partial charge in [-0.2, -0.15) is 0 Å². The molecule has 3 aromatic carbocycles. The van der Waals surface area contributed by atoms with E-state index < -0.39 is 29.2 Å². The van der Waals surface area contributed by atoms with Crippen LogP contribution in [0.15, 0.2) is 60.7 Å². The van der Waals surface area contributed by atoms with Gasteiger partial charge in [0.25, 0.3) is 5.91 Å². The number of benzene rings is 3. The highest BCUT2D eigenvalue weighted by Gasteiger charge is 2.37. The van der Waals surface area contributed by atoms with Crippen LogP contribution < -0.4 is 25.2 Å². The second kappa shape index (κ2) is 16.6. The van der Waals surface area contributed by atoms with Gasteiger partial charge in [-0.05, 0) is 89.8 Å². The first-order valence-corrected chi connectivity index (χ1v) is 17.4. The summed E-state index contributed by atoms with van der Waals surface area (Å²) in [5, 5.41) is 16.8. The quantitative estimate of drug-likeness (QED) is 0.114. The minimum Gasteiger partial charge on any atom is -0.545 e. The summed E-state index contributed by atoms with van der Waals surface area (Å²) in [7, 11) is 0. The number of hydrogen-bond donors (Lipinski definition) is 2. The van der Waals surface area contributed by atoms with Gasteiger partial charge in [0.1, 0.15) is 11.5 Å². The number of aromatic carboxylic acids is 1. The van der Waals surface area contributed by atoms with Crippen molar-refractivity contribution in [3.8, 4) is 11.5 Å². The molecule has 0 radical (unpaired) electrons. The lowest BCUT2D eigenvalue weighted by Crippen LogP contribution is -2.45. The average molecular weight is 706 g/mol. The molecule has 9 nitrogen and oxygen atoms in total.